The van der Waals surface area contributed by atoms with Gasteiger partial charge in [0.2, 0.25) is 0 Å². The quantitative estimate of drug-likeness (QED) is 0.531. The molecule has 0 aliphatic carbocycles. The molecule has 3 atom stereocenters. The zero-order chi connectivity index (χ0) is 14.0. The Kier molecular flexibility index (Phi) is 10.8. The third-order valence-electron chi connectivity index (χ3n) is 3.89. The Morgan fingerprint density at radius 1 is 0.889 bits per heavy atom. The Bertz CT molecular complexity index is 176. The van der Waals surface area contributed by atoms with Crippen molar-refractivity contribution in [1.29, 1.82) is 0 Å². The molecule has 0 aromatic carbocycles. The highest BCUT2D eigenvalue weighted by Crippen LogP contribution is 2.22. The van der Waals surface area contributed by atoms with Gasteiger partial charge in [0.15, 0.2) is 0 Å². The van der Waals surface area contributed by atoms with E-state index in [0.29, 0.717) is 0 Å². The first-order valence-corrected chi connectivity index (χ1v) is 8.24. The van der Waals surface area contributed by atoms with Gasteiger partial charge in [0, 0.05) is 6.04 Å². The summed E-state index contributed by atoms with van der Waals surface area (Å²) in [7, 11) is 0. The van der Waals surface area contributed by atoms with Crippen LogP contribution in [0.5, 0.6) is 0 Å². The third-order valence-corrected chi connectivity index (χ3v) is 3.89. The first-order valence-electron chi connectivity index (χ1n) is 8.24. The Morgan fingerprint density at radius 2 is 1.56 bits per heavy atom. The van der Waals surface area contributed by atoms with Gasteiger partial charge in [0.1, 0.15) is 0 Å². The molecular weight excluding hydrogens is 218 g/mol. The fraction of sp³-hybridized carbons (Fsp3) is 1.00. The van der Waals surface area contributed by atoms with Crippen LogP contribution in [0.2, 0.25) is 0 Å². The molecule has 1 N–H and O–H groups in total. The van der Waals surface area contributed by atoms with Crippen molar-refractivity contribution in [1.82, 2.24) is 5.32 Å². The second-order valence-electron chi connectivity index (χ2n) is 6.65. The average molecular weight is 255 g/mol. The maximum Gasteiger partial charge on any atom is 0.00952 e. The van der Waals surface area contributed by atoms with Crippen molar-refractivity contribution in [2.45, 2.75) is 86.1 Å². The minimum absolute atomic E-state index is 0.727. The van der Waals surface area contributed by atoms with Gasteiger partial charge in [0.05, 0.1) is 0 Å². The number of rotatable bonds is 11. The summed E-state index contributed by atoms with van der Waals surface area (Å²) in [5.41, 5.74) is 0. The van der Waals surface area contributed by atoms with Gasteiger partial charge in [-0.3, -0.25) is 0 Å². The van der Waals surface area contributed by atoms with Gasteiger partial charge in [-0.15, -0.1) is 0 Å². The van der Waals surface area contributed by atoms with Crippen molar-refractivity contribution in [3.63, 3.8) is 0 Å². The molecule has 3 unspecified atom stereocenters. The summed E-state index contributed by atoms with van der Waals surface area (Å²) in [6.07, 6.45) is 8.05. The summed E-state index contributed by atoms with van der Waals surface area (Å²) in [6.45, 7) is 15.3. The first kappa shape index (κ1) is 18.0. The summed E-state index contributed by atoms with van der Waals surface area (Å²) in [6, 6.07) is 0.727. The second-order valence-corrected chi connectivity index (χ2v) is 6.65. The van der Waals surface area contributed by atoms with Crippen molar-refractivity contribution < 1.29 is 0 Å². The summed E-state index contributed by atoms with van der Waals surface area (Å²) < 4.78 is 0. The number of nitrogens with one attached hydrogen (secondary N) is 1. The number of unbranched alkanes of at least 4 members (excludes halogenated alkanes) is 1. The van der Waals surface area contributed by atoms with Crippen molar-refractivity contribution in [3.8, 4) is 0 Å². The molecule has 0 saturated heterocycles. The van der Waals surface area contributed by atoms with Crippen LogP contribution in [0.1, 0.15) is 80.1 Å². The van der Waals surface area contributed by atoms with Gasteiger partial charge >= 0.3 is 0 Å². The van der Waals surface area contributed by atoms with E-state index in [2.05, 4.69) is 46.9 Å². The average Bonchev–Trinajstić information content (AvgIpc) is 2.30. The van der Waals surface area contributed by atoms with Crippen LogP contribution in [0.15, 0.2) is 0 Å². The summed E-state index contributed by atoms with van der Waals surface area (Å²) in [5, 5.41) is 3.78. The maximum atomic E-state index is 3.78. The van der Waals surface area contributed by atoms with Gasteiger partial charge in [-0.05, 0) is 50.0 Å². The normalized spacial score (nSPS) is 16.8. The lowest BCUT2D eigenvalue weighted by Gasteiger charge is -2.28. The molecule has 0 bridgehead atoms. The molecule has 0 radical (unpaired) electrons. The first-order chi connectivity index (χ1) is 8.51. The van der Waals surface area contributed by atoms with E-state index in [1.54, 1.807) is 0 Å². The zero-order valence-corrected chi connectivity index (χ0v) is 13.8. The standard InChI is InChI=1S/C17H37N/c1-7-9-10-16(6)17(18-11-8-2)13-15(5)12-14(3)4/h14-18H,7-13H2,1-6H3. The highest BCUT2D eigenvalue weighted by Gasteiger charge is 2.19. The largest absolute Gasteiger partial charge is 0.314 e. The summed E-state index contributed by atoms with van der Waals surface area (Å²) >= 11 is 0. The highest BCUT2D eigenvalue weighted by atomic mass is 14.9. The molecule has 1 nitrogen and oxygen atoms in total. The minimum Gasteiger partial charge on any atom is -0.314 e. The lowest BCUT2D eigenvalue weighted by atomic mass is 9.86. The van der Waals surface area contributed by atoms with Crippen LogP contribution in [0.25, 0.3) is 0 Å². The molecule has 0 fully saturated rings. The smallest absolute Gasteiger partial charge is 0.00952 e. The number of hydrogen-bond donors (Lipinski definition) is 1. The molecule has 0 rings (SSSR count). The van der Waals surface area contributed by atoms with Gasteiger partial charge in [-0.1, -0.05) is 54.4 Å². The molecule has 0 aliphatic heterocycles. The maximum absolute atomic E-state index is 3.78. The molecule has 0 aliphatic rings. The Hall–Kier alpha value is -0.0400. The van der Waals surface area contributed by atoms with Gasteiger partial charge in [-0.25, -0.2) is 0 Å². The van der Waals surface area contributed by atoms with E-state index in [4.69, 9.17) is 0 Å². The van der Waals surface area contributed by atoms with E-state index in [-0.39, 0.29) is 0 Å². The predicted octanol–water partition coefficient (Wildman–Crippen LogP) is 5.25. The van der Waals surface area contributed by atoms with Gasteiger partial charge < -0.3 is 5.32 Å². The van der Waals surface area contributed by atoms with Gasteiger partial charge in [0.25, 0.3) is 0 Å². The minimum atomic E-state index is 0.727. The molecule has 0 heterocycles. The summed E-state index contributed by atoms with van der Waals surface area (Å²) in [4.78, 5) is 0. The van der Waals surface area contributed by atoms with Crippen molar-refractivity contribution in [2.75, 3.05) is 6.54 Å². The van der Waals surface area contributed by atoms with Crippen LogP contribution in [-0.4, -0.2) is 12.6 Å². The van der Waals surface area contributed by atoms with E-state index in [0.717, 1.165) is 23.8 Å². The highest BCUT2D eigenvalue weighted by molar-refractivity contribution is 4.76. The van der Waals surface area contributed by atoms with E-state index >= 15 is 0 Å². The summed E-state index contributed by atoms with van der Waals surface area (Å²) in [5.74, 6) is 2.51. The molecule has 0 amide bonds. The van der Waals surface area contributed by atoms with Crippen LogP contribution in [0.4, 0.5) is 0 Å². The van der Waals surface area contributed by atoms with E-state index in [1.807, 2.05) is 0 Å². The number of hydrogen-bond acceptors (Lipinski definition) is 1. The topological polar surface area (TPSA) is 12.0 Å². The predicted molar refractivity (Wildman–Crippen MR) is 84.0 cm³/mol. The van der Waals surface area contributed by atoms with Crippen LogP contribution >= 0.6 is 0 Å². The molecule has 0 spiro atoms. The van der Waals surface area contributed by atoms with Crippen LogP contribution < -0.4 is 5.32 Å². The van der Waals surface area contributed by atoms with Crippen LogP contribution in [0, 0.1) is 17.8 Å². The molecule has 110 valence electrons. The van der Waals surface area contributed by atoms with Gasteiger partial charge in [-0.2, -0.15) is 0 Å². The van der Waals surface area contributed by atoms with Crippen molar-refractivity contribution >= 4 is 0 Å². The molecule has 0 aromatic rings. The zero-order valence-electron chi connectivity index (χ0n) is 13.8. The van der Waals surface area contributed by atoms with Crippen LogP contribution in [-0.2, 0) is 0 Å². The lowest BCUT2D eigenvalue weighted by molar-refractivity contribution is 0.278. The van der Waals surface area contributed by atoms with E-state index in [1.165, 1.54) is 45.1 Å². The Morgan fingerprint density at radius 3 is 2.06 bits per heavy atom. The molecule has 18 heavy (non-hydrogen) atoms. The van der Waals surface area contributed by atoms with Crippen LogP contribution in [0.3, 0.4) is 0 Å². The van der Waals surface area contributed by atoms with Crippen molar-refractivity contribution in [2.24, 2.45) is 17.8 Å². The van der Waals surface area contributed by atoms with Crippen molar-refractivity contribution in [3.05, 3.63) is 0 Å². The second kappa shape index (κ2) is 10.8. The fourth-order valence-electron chi connectivity index (χ4n) is 2.91. The lowest BCUT2D eigenvalue weighted by Crippen LogP contribution is -2.37. The molecule has 0 saturated carbocycles. The SMILES string of the molecule is CCCCC(C)C(CC(C)CC(C)C)NCCC. The Labute approximate surface area is 116 Å². The molecule has 1 heteroatoms. The molecular formula is C17H37N. The fourth-order valence-corrected chi connectivity index (χ4v) is 2.91. The Balaban J connectivity index is 4.19. The monoisotopic (exact) mass is 255 g/mol. The third kappa shape index (κ3) is 8.97. The van der Waals surface area contributed by atoms with E-state index in [9.17, 15) is 0 Å². The van der Waals surface area contributed by atoms with E-state index < -0.39 is 0 Å². The molecule has 0 aromatic heterocycles.